The number of allylic oxidation sites excluding steroid dienone is 1. The molecule has 2 rings (SSSR count). The summed E-state index contributed by atoms with van der Waals surface area (Å²) in [4.78, 5) is 0. The maximum Gasteiger partial charge on any atom is 0.100 e. The van der Waals surface area contributed by atoms with E-state index in [2.05, 4.69) is 5.10 Å². The summed E-state index contributed by atoms with van der Waals surface area (Å²) in [7, 11) is 1.84. The molecule has 0 aliphatic heterocycles. The Balaban J connectivity index is 2.32. The van der Waals surface area contributed by atoms with Crippen LogP contribution in [-0.2, 0) is 13.5 Å². The zero-order valence-electron chi connectivity index (χ0n) is 11.0. The number of aryl methyl sites for hydroxylation is 2. The molecule has 0 saturated carbocycles. The lowest BCUT2D eigenvalue weighted by molar-refractivity contribution is 0.705. The number of benzene rings is 1. The molecule has 20 heavy (non-hydrogen) atoms. The lowest BCUT2D eigenvalue weighted by atomic mass is 9.97. The van der Waals surface area contributed by atoms with E-state index in [1.807, 2.05) is 31.4 Å². The van der Waals surface area contributed by atoms with Crippen LogP contribution in [0.5, 0.6) is 0 Å². The number of hydrogen-bond acceptors (Lipinski definition) is 2. The Morgan fingerprint density at radius 1 is 1.55 bits per heavy atom. The van der Waals surface area contributed by atoms with Gasteiger partial charge in [-0.05, 0) is 36.1 Å². The molecule has 0 spiro atoms. The number of hydrogen-bond donors (Lipinski definition) is 0. The minimum absolute atomic E-state index is 0.136. The highest BCUT2D eigenvalue weighted by Crippen LogP contribution is 2.28. The molecular weight excluding hydrogens is 277 g/mol. The average Bonchev–Trinajstić information content (AvgIpc) is 2.87. The minimum atomic E-state index is 0.136. The van der Waals surface area contributed by atoms with Crippen LogP contribution in [0.25, 0.3) is 11.1 Å². The normalized spacial score (nSPS) is 11.4. The van der Waals surface area contributed by atoms with Crippen LogP contribution in [-0.4, -0.2) is 9.78 Å². The minimum Gasteiger partial charge on any atom is -0.275 e. The molecule has 0 aliphatic rings. The molecule has 0 radical (unpaired) electrons. The number of halogens is 2. The fourth-order valence-corrected chi connectivity index (χ4v) is 2.17. The van der Waals surface area contributed by atoms with E-state index in [0.717, 1.165) is 16.7 Å². The summed E-state index contributed by atoms with van der Waals surface area (Å²) in [6, 6.07) is 7.39. The summed E-state index contributed by atoms with van der Waals surface area (Å²) in [5.74, 6) is 0. The predicted molar refractivity (Wildman–Crippen MR) is 76.8 cm³/mol. The van der Waals surface area contributed by atoms with Crippen molar-refractivity contribution in [3.63, 3.8) is 0 Å². The molecule has 5 heteroatoms. The SMILES string of the molecule is Cn1cc(-c2cc(Cl)ccc2CC/C(C#N)=C/F)cn1. The van der Waals surface area contributed by atoms with Crippen LogP contribution < -0.4 is 0 Å². The van der Waals surface area contributed by atoms with Gasteiger partial charge in [-0.1, -0.05) is 17.7 Å². The molecular formula is C15H13ClFN3. The van der Waals surface area contributed by atoms with Gasteiger partial charge in [0.25, 0.3) is 0 Å². The quantitative estimate of drug-likeness (QED) is 0.797. The van der Waals surface area contributed by atoms with E-state index in [-0.39, 0.29) is 5.57 Å². The van der Waals surface area contributed by atoms with E-state index in [1.54, 1.807) is 16.9 Å². The van der Waals surface area contributed by atoms with Crippen molar-refractivity contribution in [2.45, 2.75) is 12.8 Å². The lowest BCUT2D eigenvalue weighted by Crippen LogP contribution is -1.92. The number of nitriles is 1. The van der Waals surface area contributed by atoms with Gasteiger partial charge in [-0.2, -0.15) is 10.4 Å². The van der Waals surface area contributed by atoms with E-state index in [1.165, 1.54) is 0 Å². The van der Waals surface area contributed by atoms with Gasteiger partial charge in [0, 0.05) is 23.8 Å². The molecule has 1 aromatic heterocycles. The highest BCUT2D eigenvalue weighted by molar-refractivity contribution is 6.30. The van der Waals surface area contributed by atoms with Gasteiger partial charge in [0.05, 0.1) is 17.8 Å². The van der Waals surface area contributed by atoms with E-state index < -0.39 is 0 Å². The predicted octanol–water partition coefficient (Wildman–Crippen LogP) is 4.05. The third-order valence-electron chi connectivity index (χ3n) is 3.03. The molecule has 2 aromatic rings. The van der Waals surface area contributed by atoms with Crippen LogP contribution in [0.1, 0.15) is 12.0 Å². The van der Waals surface area contributed by atoms with Gasteiger partial charge in [0.15, 0.2) is 0 Å². The van der Waals surface area contributed by atoms with E-state index >= 15 is 0 Å². The van der Waals surface area contributed by atoms with Crippen LogP contribution in [0.3, 0.4) is 0 Å². The fraction of sp³-hybridized carbons (Fsp3) is 0.200. The van der Waals surface area contributed by atoms with Gasteiger partial charge in [-0.3, -0.25) is 4.68 Å². The van der Waals surface area contributed by atoms with Crippen molar-refractivity contribution in [2.24, 2.45) is 7.05 Å². The number of nitrogens with zero attached hydrogens (tertiary/aromatic N) is 3. The summed E-state index contributed by atoms with van der Waals surface area (Å²) in [5, 5.41) is 13.5. The van der Waals surface area contributed by atoms with Crippen LogP contribution in [0, 0.1) is 11.3 Å². The highest BCUT2D eigenvalue weighted by Gasteiger charge is 2.09. The molecule has 0 amide bonds. The molecule has 0 unspecified atom stereocenters. The lowest BCUT2D eigenvalue weighted by Gasteiger charge is -2.08. The molecule has 1 heterocycles. The third kappa shape index (κ3) is 3.25. The van der Waals surface area contributed by atoms with E-state index in [0.29, 0.717) is 24.2 Å². The highest BCUT2D eigenvalue weighted by atomic mass is 35.5. The van der Waals surface area contributed by atoms with Crippen molar-refractivity contribution in [1.29, 1.82) is 5.26 Å². The summed E-state index contributed by atoms with van der Waals surface area (Å²) in [6.07, 6.45) is 4.95. The smallest absolute Gasteiger partial charge is 0.100 e. The first-order chi connectivity index (χ1) is 9.63. The first kappa shape index (κ1) is 14.3. The Morgan fingerprint density at radius 3 is 2.95 bits per heavy atom. The van der Waals surface area contributed by atoms with E-state index in [4.69, 9.17) is 16.9 Å². The summed E-state index contributed by atoms with van der Waals surface area (Å²) in [6.45, 7) is 0. The molecule has 0 fully saturated rings. The van der Waals surface area contributed by atoms with Gasteiger partial charge in [0.1, 0.15) is 6.33 Å². The maximum absolute atomic E-state index is 12.4. The number of aromatic nitrogens is 2. The third-order valence-corrected chi connectivity index (χ3v) is 3.26. The zero-order chi connectivity index (χ0) is 14.5. The summed E-state index contributed by atoms with van der Waals surface area (Å²) >= 11 is 6.04. The van der Waals surface area contributed by atoms with Gasteiger partial charge >= 0.3 is 0 Å². The van der Waals surface area contributed by atoms with Crippen molar-refractivity contribution in [1.82, 2.24) is 9.78 Å². The second kappa shape index (κ2) is 6.36. The van der Waals surface area contributed by atoms with E-state index in [9.17, 15) is 4.39 Å². The molecule has 102 valence electrons. The fourth-order valence-electron chi connectivity index (χ4n) is 2.00. The molecule has 0 saturated heterocycles. The van der Waals surface area contributed by atoms with Crippen LogP contribution >= 0.6 is 11.6 Å². The van der Waals surface area contributed by atoms with Gasteiger partial charge in [-0.15, -0.1) is 0 Å². The molecule has 0 aliphatic carbocycles. The molecule has 3 nitrogen and oxygen atoms in total. The Bertz CT molecular complexity index is 683. The molecule has 0 bridgehead atoms. The van der Waals surface area contributed by atoms with Crippen LogP contribution in [0.2, 0.25) is 5.02 Å². The topological polar surface area (TPSA) is 41.6 Å². The first-order valence-corrected chi connectivity index (χ1v) is 6.48. The van der Waals surface area contributed by atoms with Crippen LogP contribution in [0.15, 0.2) is 42.5 Å². The Labute approximate surface area is 121 Å². The van der Waals surface area contributed by atoms with Gasteiger partial charge < -0.3 is 0 Å². The Kier molecular flexibility index (Phi) is 4.54. The zero-order valence-corrected chi connectivity index (χ0v) is 11.7. The van der Waals surface area contributed by atoms with Crippen molar-refractivity contribution in [3.05, 3.63) is 53.1 Å². The summed E-state index contributed by atoms with van der Waals surface area (Å²) in [5.41, 5.74) is 3.06. The van der Waals surface area contributed by atoms with Crippen molar-refractivity contribution >= 4 is 11.6 Å². The molecule has 1 aromatic carbocycles. The van der Waals surface area contributed by atoms with Crippen molar-refractivity contribution < 1.29 is 4.39 Å². The Hall–Kier alpha value is -2.12. The maximum atomic E-state index is 12.4. The van der Waals surface area contributed by atoms with Crippen LogP contribution in [0.4, 0.5) is 4.39 Å². The summed E-state index contributed by atoms with van der Waals surface area (Å²) < 4.78 is 14.1. The molecule has 0 N–H and O–H groups in total. The van der Waals surface area contributed by atoms with Crippen molar-refractivity contribution in [2.75, 3.05) is 0 Å². The monoisotopic (exact) mass is 289 g/mol. The first-order valence-electron chi connectivity index (χ1n) is 6.11. The second-order valence-electron chi connectivity index (χ2n) is 4.45. The largest absolute Gasteiger partial charge is 0.275 e. The molecule has 0 atom stereocenters. The average molecular weight is 290 g/mol. The number of rotatable bonds is 4. The van der Waals surface area contributed by atoms with Gasteiger partial charge in [0.2, 0.25) is 0 Å². The van der Waals surface area contributed by atoms with Gasteiger partial charge in [-0.25, -0.2) is 4.39 Å². The Morgan fingerprint density at radius 2 is 2.35 bits per heavy atom. The standard InChI is InChI=1S/C15H13ClFN3/c1-20-10-13(9-19-20)15-6-14(16)5-4-12(15)3-2-11(7-17)8-18/h4-7,9-10H,2-3H2,1H3/b11-7-. The van der Waals surface area contributed by atoms with Crippen molar-refractivity contribution in [3.8, 4) is 17.2 Å². The second-order valence-corrected chi connectivity index (χ2v) is 4.89.